The van der Waals surface area contributed by atoms with Crippen LogP contribution in [0.25, 0.3) is 0 Å². The molecule has 0 unspecified atom stereocenters. The fraction of sp³-hybridized carbons (Fsp3) is 0.263. The number of benzene rings is 2. The maximum Gasteiger partial charge on any atom is 0.258 e. The lowest BCUT2D eigenvalue weighted by atomic mass is 10.1. The number of halogens is 2. The van der Waals surface area contributed by atoms with Crippen LogP contribution < -0.4 is 16.0 Å². The number of anilines is 1. The Balaban J connectivity index is 0.00000338. The molecule has 0 atom stereocenters. The molecule has 0 aromatic heterocycles. The number of amides is 2. The van der Waals surface area contributed by atoms with Gasteiger partial charge in [0.15, 0.2) is 0 Å². The molecule has 0 saturated heterocycles. The Bertz CT molecular complexity index is 768. The zero-order valence-electron chi connectivity index (χ0n) is 14.8. The van der Waals surface area contributed by atoms with E-state index in [1.54, 1.807) is 31.2 Å². The molecule has 2 aromatic rings. The van der Waals surface area contributed by atoms with E-state index in [0.29, 0.717) is 17.8 Å². The molecular weight excluding hydrogens is 357 g/mol. The Labute approximate surface area is 158 Å². The zero-order valence-corrected chi connectivity index (χ0v) is 15.6. The first kappa shape index (κ1) is 21.6. The maximum absolute atomic E-state index is 13.8. The van der Waals surface area contributed by atoms with Crippen LogP contribution in [0.15, 0.2) is 42.5 Å². The first-order valence-electron chi connectivity index (χ1n) is 8.13. The van der Waals surface area contributed by atoms with Gasteiger partial charge in [0.05, 0.1) is 16.8 Å². The number of para-hydroxylation sites is 1. The highest BCUT2D eigenvalue weighted by Crippen LogP contribution is 2.22. The molecule has 140 valence electrons. The van der Waals surface area contributed by atoms with Crippen LogP contribution >= 0.6 is 12.4 Å². The summed E-state index contributed by atoms with van der Waals surface area (Å²) in [5.74, 6) is -1.47. The lowest BCUT2D eigenvalue weighted by Crippen LogP contribution is -2.28. The summed E-state index contributed by atoms with van der Waals surface area (Å²) in [7, 11) is 1.85. The normalized spacial score (nSPS) is 9.96. The molecule has 0 spiro atoms. The molecule has 0 fully saturated rings. The number of carbonyl (C=O) groups is 2. The molecule has 2 amide bonds. The van der Waals surface area contributed by atoms with Crippen molar-refractivity contribution in [1.29, 1.82) is 0 Å². The Morgan fingerprint density at radius 1 is 0.962 bits per heavy atom. The minimum atomic E-state index is -0.605. The Morgan fingerprint density at radius 3 is 2.35 bits per heavy atom. The van der Waals surface area contributed by atoms with Crippen LogP contribution in [-0.4, -0.2) is 32.0 Å². The van der Waals surface area contributed by atoms with Gasteiger partial charge >= 0.3 is 0 Å². The number of nitrogens with one attached hydrogen (secondary N) is 3. The fourth-order valence-corrected chi connectivity index (χ4v) is 2.41. The monoisotopic (exact) mass is 379 g/mol. The Kier molecular flexibility index (Phi) is 8.75. The lowest BCUT2D eigenvalue weighted by Gasteiger charge is -2.14. The molecule has 2 aromatic carbocycles. The van der Waals surface area contributed by atoms with Crippen molar-refractivity contribution in [2.45, 2.75) is 13.3 Å². The van der Waals surface area contributed by atoms with E-state index < -0.39 is 11.7 Å². The minimum Gasteiger partial charge on any atom is -0.352 e. The summed E-state index contributed by atoms with van der Waals surface area (Å²) >= 11 is 0. The van der Waals surface area contributed by atoms with Crippen molar-refractivity contribution in [1.82, 2.24) is 10.6 Å². The molecule has 0 aliphatic rings. The number of hydrogen-bond donors (Lipinski definition) is 3. The van der Waals surface area contributed by atoms with Gasteiger partial charge in [-0.15, -0.1) is 12.4 Å². The molecule has 2 rings (SSSR count). The molecule has 0 bridgehead atoms. The highest BCUT2D eigenvalue weighted by atomic mass is 35.5. The molecule has 26 heavy (non-hydrogen) atoms. The molecule has 7 heteroatoms. The minimum absolute atomic E-state index is 0. The summed E-state index contributed by atoms with van der Waals surface area (Å²) in [6.07, 6.45) is 0.797. The van der Waals surface area contributed by atoms with Gasteiger partial charge in [0.1, 0.15) is 5.82 Å². The first-order chi connectivity index (χ1) is 12.0. The second kappa shape index (κ2) is 10.5. The predicted molar refractivity (Wildman–Crippen MR) is 104 cm³/mol. The summed E-state index contributed by atoms with van der Waals surface area (Å²) < 4.78 is 13.8. The fourth-order valence-electron chi connectivity index (χ4n) is 2.41. The van der Waals surface area contributed by atoms with Crippen molar-refractivity contribution < 1.29 is 14.0 Å². The topological polar surface area (TPSA) is 70.2 Å². The van der Waals surface area contributed by atoms with Crippen molar-refractivity contribution in [3.05, 3.63) is 65.0 Å². The third kappa shape index (κ3) is 5.54. The molecule has 5 nitrogen and oxygen atoms in total. The second-order valence-electron chi connectivity index (χ2n) is 5.64. The molecule has 0 radical (unpaired) electrons. The number of hydrogen-bond acceptors (Lipinski definition) is 3. The van der Waals surface area contributed by atoms with Crippen LogP contribution in [0.2, 0.25) is 0 Å². The van der Waals surface area contributed by atoms with Crippen molar-refractivity contribution in [2.75, 3.05) is 25.5 Å². The molecule has 0 heterocycles. The first-order valence-corrected chi connectivity index (χ1v) is 8.13. The van der Waals surface area contributed by atoms with Gasteiger partial charge in [0, 0.05) is 6.54 Å². The van der Waals surface area contributed by atoms with Gasteiger partial charge in [0.2, 0.25) is 0 Å². The van der Waals surface area contributed by atoms with E-state index in [2.05, 4.69) is 16.0 Å². The van der Waals surface area contributed by atoms with E-state index in [4.69, 9.17) is 0 Å². The summed E-state index contributed by atoms with van der Waals surface area (Å²) in [4.78, 5) is 24.8. The average molecular weight is 380 g/mol. The quantitative estimate of drug-likeness (QED) is 0.647. The molecule has 3 N–H and O–H groups in total. The third-order valence-corrected chi connectivity index (χ3v) is 3.76. The van der Waals surface area contributed by atoms with Gasteiger partial charge in [0.25, 0.3) is 11.8 Å². The van der Waals surface area contributed by atoms with Crippen LogP contribution in [0.5, 0.6) is 0 Å². The van der Waals surface area contributed by atoms with E-state index in [1.165, 1.54) is 18.2 Å². The van der Waals surface area contributed by atoms with Crippen LogP contribution in [0.3, 0.4) is 0 Å². The molecule has 0 aliphatic heterocycles. The van der Waals surface area contributed by atoms with E-state index >= 15 is 0 Å². The lowest BCUT2D eigenvalue weighted by molar-refractivity contribution is 0.0954. The van der Waals surface area contributed by atoms with E-state index in [9.17, 15) is 14.0 Å². The summed E-state index contributed by atoms with van der Waals surface area (Å²) in [5, 5.41) is 8.50. The van der Waals surface area contributed by atoms with Crippen molar-refractivity contribution in [2.24, 2.45) is 0 Å². The van der Waals surface area contributed by atoms with Crippen LogP contribution in [0.1, 0.15) is 32.7 Å². The number of carbonyl (C=O) groups excluding carboxylic acids is 2. The molecular formula is C19H23ClFN3O2. The van der Waals surface area contributed by atoms with Gasteiger partial charge in [-0.05, 0) is 50.7 Å². The molecule has 0 aliphatic carbocycles. The van der Waals surface area contributed by atoms with Gasteiger partial charge in [-0.1, -0.05) is 24.3 Å². The van der Waals surface area contributed by atoms with E-state index in [1.807, 2.05) is 7.05 Å². The standard InChI is InChI=1S/C19H22FN3O2.ClH/c1-13-7-5-9-15(18(24)22-12-6-11-21-2)17(13)23-19(25)14-8-3-4-10-16(14)20;/h3-5,7-10,21H,6,11-12H2,1-2H3,(H,22,24)(H,23,25);1H. The summed E-state index contributed by atoms with van der Waals surface area (Å²) in [6, 6.07) is 10.9. The Morgan fingerprint density at radius 2 is 1.65 bits per heavy atom. The average Bonchev–Trinajstić information content (AvgIpc) is 2.60. The van der Waals surface area contributed by atoms with Crippen LogP contribution in [0, 0.1) is 12.7 Å². The van der Waals surface area contributed by atoms with Crippen LogP contribution in [0.4, 0.5) is 10.1 Å². The van der Waals surface area contributed by atoms with E-state index in [-0.39, 0.29) is 23.9 Å². The SMILES string of the molecule is CNCCCNC(=O)c1cccc(C)c1NC(=O)c1ccccc1F.Cl. The molecule has 0 saturated carbocycles. The van der Waals surface area contributed by atoms with Crippen molar-refractivity contribution >= 4 is 29.9 Å². The second-order valence-corrected chi connectivity index (χ2v) is 5.64. The van der Waals surface area contributed by atoms with Crippen molar-refractivity contribution in [3.63, 3.8) is 0 Å². The highest BCUT2D eigenvalue weighted by molar-refractivity contribution is 6.09. The van der Waals surface area contributed by atoms with Gasteiger partial charge in [-0.25, -0.2) is 4.39 Å². The van der Waals surface area contributed by atoms with Gasteiger partial charge in [-0.3, -0.25) is 9.59 Å². The zero-order chi connectivity index (χ0) is 18.2. The third-order valence-electron chi connectivity index (χ3n) is 3.76. The van der Waals surface area contributed by atoms with Gasteiger partial charge < -0.3 is 16.0 Å². The smallest absolute Gasteiger partial charge is 0.258 e. The maximum atomic E-state index is 13.8. The highest BCUT2D eigenvalue weighted by Gasteiger charge is 2.17. The predicted octanol–water partition coefficient (Wildman–Crippen LogP) is 3.15. The Hall–Kier alpha value is -2.44. The van der Waals surface area contributed by atoms with Gasteiger partial charge in [-0.2, -0.15) is 0 Å². The summed E-state index contributed by atoms with van der Waals surface area (Å²) in [5.41, 5.74) is 1.41. The van der Waals surface area contributed by atoms with E-state index in [0.717, 1.165) is 18.5 Å². The number of aryl methyl sites for hydroxylation is 1. The number of rotatable bonds is 7. The summed E-state index contributed by atoms with van der Waals surface area (Å²) in [6.45, 7) is 3.11. The van der Waals surface area contributed by atoms with Crippen LogP contribution in [-0.2, 0) is 0 Å². The van der Waals surface area contributed by atoms with Crippen molar-refractivity contribution in [3.8, 4) is 0 Å². The largest absolute Gasteiger partial charge is 0.352 e.